The van der Waals surface area contributed by atoms with Gasteiger partial charge < -0.3 is 9.84 Å². The van der Waals surface area contributed by atoms with Crippen LogP contribution >= 0.6 is 27.3 Å². The highest BCUT2D eigenvalue weighted by Gasteiger charge is 2.23. The second kappa shape index (κ2) is 7.78. The molecule has 0 radical (unpaired) electrons. The summed E-state index contributed by atoms with van der Waals surface area (Å²) >= 11 is 4.76. The molecular weight excluding hydrogens is 436 g/mol. The van der Waals surface area contributed by atoms with Crippen molar-refractivity contribution in [3.8, 4) is 17.2 Å². The topological polar surface area (TPSA) is 46.5 Å². The molecule has 5 heteroatoms. The zero-order valence-corrected chi connectivity index (χ0v) is 17.5. The average Bonchev–Trinajstić information content (AvgIpc) is 3.06. The first-order valence-electron chi connectivity index (χ1n) is 8.88. The molecule has 0 aliphatic heterocycles. The molecule has 3 nitrogen and oxygen atoms in total. The van der Waals surface area contributed by atoms with Crippen LogP contribution in [0.15, 0.2) is 71.2 Å². The van der Waals surface area contributed by atoms with Crippen LogP contribution in [0.5, 0.6) is 17.2 Å². The fourth-order valence-electron chi connectivity index (χ4n) is 3.11. The number of ether oxygens (including phenoxy) is 1. The van der Waals surface area contributed by atoms with Crippen LogP contribution in [0.4, 0.5) is 0 Å². The number of ketones is 1. The summed E-state index contributed by atoms with van der Waals surface area (Å²) in [6.45, 7) is 2.04. The minimum Gasteiger partial charge on any atom is -0.508 e. The Bertz CT molecular complexity index is 1160. The zero-order chi connectivity index (χ0) is 19.7. The van der Waals surface area contributed by atoms with Gasteiger partial charge in [0.15, 0.2) is 5.75 Å². The highest BCUT2D eigenvalue weighted by molar-refractivity contribution is 9.10. The van der Waals surface area contributed by atoms with Gasteiger partial charge in [-0.05, 0) is 54.4 Å². The lowest BCUT2D eigenvalue weighted by Gasteiger charge is -2.09. The Morgan fingerprint density at radius 3 is 2.57 bits per heavy atom. The molecule has 0 spiro atoms. The van der Waals surface area contributed by atoms with Crippen LogP contribution in [0.3, 0.4) is 0 Å². The van der Waals surface area contributed by atoms with Crippen molar-refractivity contribution in [2.24, 2.45) is 0 Å². The van der Waals surface area contributed by atoms with E-state index in [2.05, 4.69) is 15.9 Å². The maximum Gasteiger partial charge on any atom is 0.207 e. The molecule has 4 rings (SSSR count). The Balaban J connectivity index is 1.87. The van der Waals surface area contributed by atoms with Gasteiger partial charge in [0, 0.05) is 20.1 Å². The second-order valence-corrected chi connectivity index (χ2v) is 8.30. The molecule has 0 saturated heterocycles. The van der Waals surface area contributed by atoms with E-state index in [9.17, 15) is 9.90 Å². The third-order valence-corrected chi connectivity index (χ3v) is 6.17. The molecule has 0 bridgehead atoms. The van der Waals surface area contributed by atoms with Crippen molar-refractivity contribution in [2.45, 2.75) is 13.3 Å². The summed E-state index contributed by atoms with van der Waals surface area (Å²) in [5, 5.41) is 10.7. The summed E-state index contributed by atoms with van der Waals surface area (Å²) in [4.78, 5) is 13.9. The number of phenols is 1. The predicted octanol–water partition coefficient (Wildman–Crippen LogP) is 6.96. The van der Waals surface area contributed by atoms with Crippen molar-refractivity contribution >= 4 is 43.1 Å². The van der Waals surface area contributed by atoms with Gasteiger partial charge in [-0.15, -0.1) is 11.3 Å². The van der Waals surface area contributed by atoms with Gasteiger partial charge in [0.25, 0.3) is 0 Å². The normalized spacial score (nSPS) is 10.9. The molecule has 0 aliphatic carbocycles. The van der Waals surface area contributed by atoms with Crippen molar-refractivity contribution in [1.29, 1.82) is 0 Å². The molecule has 0 saturated carbocycles. The van der Waals surface area contributed by atoms with Crippen molar-refractivity contribution in [1.82, 2.24) is 0 Å². The molecule has 0 unspecified atom stereocenters. The molecule has 0 aliphatic rings. The molecule has 0 fully saturated rings. The molecule has 1 heterocycles. The van der Waals surface area contributed by atoms with Gasteiger partial charge in [0.1, 0.15) is 16.4 Å². The fraction of sp³-hybridized carbons (Fsp3) is 0.0870. The molecular formula is C23H17BrO3S. The van der Waals surface area contributed by atoms with Crippen molar-refractivity contribution in [3.05, 3.63) is 87.2 Å². The van der Waals surface area contributed by atoms with Gasteiger partial charge in [-0.25, -0.2) is 0 Å². The number of carbonyl (C=O) groups is 1. The average molecular weight is 453 g/mol. The number of phenolic OH excluding ortho intramolecular Hbond substituents is 1. The second-order valence-electron chi connectivity index (χ2n) is 6.34. The summed E-state index contributed by atoms with van der Waals surface area (Å²) in [5.74, 6) is 1.27. The number of thiophene rings is 1. The number of carbonyl (C=O) groups excluding carboxylic acids is 1. The van der Waals surface area contributed by atoms with Gasteiger partial charge in [-0.3, -0.25) is 4.79 Å². The molecule has 3 aromatic carbocycles. The van der Waals surface area contributed by atoms with Crippen molar-refractivity contribution < 1.29 is 14.6 Å². The maximum absolute atomic E-state index is 13.4. The quantitative estimate of drug-likeness (QED) is 0.333. The lowest BCUT2D eigenvalue weighted by molar-refractivity contribution is 0.104. The third-order valence-electron chi connectivity index (χ3n) is 4.51. The lowest BCUT2D eigenvalue weighted by Crippen LogP contribution is -2.04. The molecule has 140 valence electrons. The van der Waals surface area contributed by atoms with Gasteiger partial charge in [0.2, 0.25) is 5.78 Å². The monoisotopic (exact) mass is 452 g/mol. The Morgan fingerprint density at radius 2 is 1.82 bits per heavy atom. The van der Waals surface area contributed by atoms with E-state index in [1.54, 1.807) is 18.2 Å². The molecule has 1 N–H and O–H groups in total. The van der Waals surface area contributed by atoms with E-state index >= 15 is 0 Å². The van der Waals surface area contributed by atoms with Gasteiger partial charge in [0.05, 0.1) is 0 Å². The standard InChI is InChI=1S/C23H17BrO3S/c1-2-14-5-3-4-6-18(14)21(26)23-22(27-17-10-7-15(24)8-11-17)19-12-9-16(25)13-20(19)28-23/h3-13,25H,2H2,1H3. The Labute approximate surface area is 175 Å². The van der Waals surface area contributed by atoms with E-state index in [1.165, 1.54) is 11.3 Å². The minimum atomic E-state index is -0.0646. The van der Waals surface area contributed by atoms with Gasteiger partial charge >= 0.3 is 0 Å². The summed E-state index contributed by atoms with van der Waals surface area (Å²) in [5.41, 5.74) is 1.68. The summed E-state index contributed by atoms with van der Waals surface area (Å²) < 4.78 is 7.92. The van der Waals surface area contributed by atoms with Crippen LogP contribution in [-0.2, 0) is 6.42 Å². The molecule has 0 atom stereocenters. The smallest absolute Gasteiger partial charge is 0.207 e. The van der Waals surface area contributed by atoms with Crippen LogP contribution < -0.4 is 4.74 Å². The number of benzene rings is 3. The number of fused-ring (bicyclic) bond motifs is 1. The highest BCUT2D eigenvalue weighted by atomic mass is 79.9. The number of hydrogen-bond acceptors (Lipinski definition) is 4. The van der Waals surface area contributed by atoms with E-state index < -0.39 is 0 Å². The van der Waals surface area contributed by atoms with Crippen LogP contribution in [0, 0.1) is 0 Å². The van der Waals surface area contributed by atoms with E-state index in [0.29, 0.717) is 21.9 Å². The summed E-state index contributed by atoms with van der Waals surface area (Å²) in [6.07, 6.45) is 0.774. The third kappa shape index (κ3) is 3.55. The van der Waals surface area contributed by atoms with Crippen LogP contribution in [0.2, 0.25) is 0 Å². The van der Waals surface area contributed by atoms with Crippen LogP contribution in [0.1, 0.15) is 27.7 Å². The number of aryl methyl sites for hydroxylation is 1. The Morgan fingerprint density at radius 1 is 1.07 bits per heavy atom. The van der Waals surface area contributed by atoms with E-state index in [-0.39, 0.29) is 11.5 Å². The highest BCUT2D eigenvalue weighted by Crippen LogP contribution is 2.43. The lowest BCUT2D eigenvalue weighted by atomic mass is 10.0. The first-order valence-corrected chi connectivity index (χ1v) is 10.5. The largest absolute Gasteiger partial charge is 0.508 e. The Hall–Kier alpha value is -2.63. The first-order chi connectivity index (χ1) is 13.6. The fourth-order valence-corrected chi connectivity index (χ4v) is 4.49. The molecule has 1 aromatic heterocycles. The summed E-state index contributed by atoms with van der Waals surface area (Å²) in [6, 6.07) is 20.2. The predicted molar refractivity (Wildman–Crippen MR) is 117 cm³/mol. The molecule has 0 amide bonds. The number of hydrogen-bond donors (Lipinski definition) is 1. The molecule has 4 aromatic rings. The number of aromatic hydroxyl groups is 1. The number of halogens is 1. The van der Waals surface area contributed by atoms with E-state index in [1.807, 2.05) is 55.5 Å². The van der Waals surface area contributed by atoms with Gasteiger partial charge in [-0.2, -0.15) is 0 Å². The van der Waals surface area contributed by atoms with Gasteiger partial charge in [-0.1, -0.05) is 47.1 Å². The Kier molecular flexibility index (Phi) is 5.20. The van der Waals surface area contributed by atoms with Crippen LogP contribution in [-0.4, -0.2) is 10.9 Å². The van der Waals surface area contributed by atoms with Crippen molar-refractivity contribution in [3.63, 3.8) is 0 Å². The molecule has 28 heavy (non-hydrogen) atoms. The van der Waals surface area contributed by atoms with E-state index in [4.69, 9.17) is 4.74 Å². The van der Waals surface area contributed by atoms with Crippen LogP contribution in [0.25, 0.3) is 10.1 Å². The SMILES string of the molecule is CCc1ccccc1C(=O)c1sc2cc(O)ccc2c1Oc1ccc(Br)cc1. The minimum absolute atomic E-state index is 0.0646. The number of rotatable bonds is 5. The first kappa shape index (κ1) is 18.7. The van der Waals surface area contributed by atoms with Crippen molar-refractivity contribution in [2.75, 3.05) is 0 Å². The maximum atomic E-state index is 13.4. The zero-order valence-electron chi connectivity index (χ0n) is 15.1. The summed E-state index contributed by atoms with van der Waals surface area (Å²) in [7, 11) is 0. The van der Waals surface area contributed by atoms with E-state index in [0.717, 1.165) is 26.5 Å².